The summed E-state index contributed by atoms with van der Waals surface area (Å²) in [6.45, 7) is 5.90. The van der Waals surface area contributed by atoms with Gasteiger partial charge < -0.3 is 10.1 Å². The summed E-state index contributed by atoms with van der Waals surface area (Å²) in [6, 6.07) is 2.90. The monoisotopic (exact) mass is 264 g/mol. The van der Waals surface area contributed by atoms with E-state index in [0.29, 0.717) is 6.61 Å². The predicted molar refractivity (Wildman–Crippen MR) is 71.3 cm³/mol. The number of nitrogens with one attached hydrogen (secondary N) is 1. The highest BCUT2D eigenvalue weighted by Crippen LogP contribution is 1.99. The van der Waals surface area contributed by atoms with Crippen LogP contribution < -0.4 is 5.32 Å². The van der Waals surface area contributed by atoms with Crippen molar-refractivity contribution in [3.8, 4) is 0 Å². The lowest BCUT2D eigenvalue weighted by atomic mass is 10.2. The lowest BCUT2D eigenvalue weighted by molar-refractivity contribution is -0.148. The smallest absolute Gasteiger partial charge is 0.328 e. The molecule has 1 amide bonds. The van der Waals surface area contributed by atoms with Crippen molar-refractivity contribution in [3.63, 3.8) is 0 Å². The van der Waals surface area contributed by atoms with Crippen molar-refractivity contribution in [2.24, 2.45) is 5.92 Å². The maximum atomic E-state index is 11.7. The number of esters is 1. The number of carbonyl (C=O) groups excluding carboxylic acids is 2. The summed E-state index contributed by atoms with van der Waals surface area (Å²) >= 11 is 0. The van der Waals surface area contributed by atoms with Gasteiger partial charge in [0, 0.05) is 12.4 Å². The van der Waals surface area contributed by atoms with Crippen molar-refractivity contribution < 1.29 is 14.3 Å². The fraction of sp³-hybridized carbons (Fsp3) is 0.500. The van der Waals surface area contributed by atoms with E-state index in [0.717, 1.165) is 5.56 Å². The van der Waals surface area contributed by atoms with Crippen LogP contribution in [0.1, 0.15) is 26.3 Å². The Morgan fingerprint density at radius 1 is 1.26 bits per heavy atom. The van der Waals surface area contributed by atoms with Crippen LogP contribution in [0.3, 0.4) is 0 Å². The van der Waals surface area contributed by atoms with Crippen molar-refractivity contribution in [1.29, 1.82) is 0 Å². The zero-order valence-corrected chi connectivity index (χ0v) is 11.6. The van der Waals surface area contributed by atoms with Crippen molar-refractivity contribution in [3.05, 3.63) is 30.1 Å². The van der Waals surface area contributed by atoms with Crippen LogP contribution in [0.15, 0.2) is 24.5 Å². The van der Waals surface area contributed by atoms with Gasteiger partial charge in [0.2, 0.25) is 5.91 Å². The summed E-state index contributed by atoms with van der Waals surface area (Å²) in [6.07, 6.45) is 3.48. The van der Waals surface area contributed by atoms with Crippen LogP contribution in [-0.2, 0) is 20.7 Å². The number of hydrogen-bond donors (Lipinski definition) is 1. The third-order valence-corrected chi connectivity index (χ3v) is 2.40. The minimum Gasteiger partial charge on any atom is -0.464 e. The molecule has 0 saturated carbocycles. The molecule has 0 aliphatic heterocycles. The Balaban J connectivity index is 2.37. The normalized spacial score (nSPS) is 12.0. The summed E-state index contributed by atoms with van der Waals surface area (Å²) < 4.78 is 5.05. The molecule has 0 radical (unpaired) electrons. The van der Waals surface area contributed by atoms with Gasteiger partial charge in [0.05, 0.1) is 13.0 Å². The Morgan fingerprint density at radius 3 is 2.47 bits per heavy atom. The van der Waals surface area contributed by atoms with Crippen LogP contribution in [-0.4, -0.2) is 29.5 Å². The van der Waals surface area contributed by atoms with E-state index in [2.05, 4.69) is 10.3 Å². The molecule has 0 saturated heterocycles. The second-order valence-electron chi connectivity index (χ2n) is 4.85. The molecule has 1 aromatic heterocycles. The number of rotatable bonds is 6. The second kappa shape index (κ2) is 7.51. The first-order valence-electron chi connectivity index (χ1n) is 6.34. The van der Waals surface area contributed by atoms with Crippen LogP contribution in [0.2, 0.25) is 0 Å². The third kappa shape index (κ3) is 5.99. The minimum atomic E-state index is -0.631. The van der Waals surface area contributed by atoms with Crippen molar-refractivity contribution >= 4 is 11.9 Å². The SMILES string of the molecule is CC(C)COC(=O)[C@H](C)NC(=O)Cc1ccncc1. The van der Waals surface area contributed by atoms with Crippen LogP contribution in [0.5, 0.6) is 0 Å². The Hall–Kier alpha value is -1.91. The summed E-state index contributed by atoms with van der Waals surface area (Å²) in [5, 5.41) is 2.62. The van der Waals surface area contributed by atoms with Crippen molar-refractivity contribution in [2.75, 3.05) is 6.61 Å². The highest BCUT2D eigenvalue weighted by molar-refractivity contribution is 5.85. The molecule has 5 nitrogen and oxygen atoms in total. The average molecular weight is 264 g/mol. The van der Waals surface area contributed by atoms with Gasteiger partial charge in [-0.3, -0.25) is 9.78 Å². The first-order chi connectivity index (χ1) is 8.99. The molecule has 5 heteroatoms. The van der Waals surface area contributed by atoms with E-state index in [4.69, 9.17) is 4.74 Å². The van der Waals surface area contributed by atoms with E-state index in [9.17, 15) is 9.59 Å². The molecule has 0 unspecified atom stereocenters. The minimum absolute atomic E-state index is 0.208. The molecule has 0 spiro atoms. The molecule has 1 N–H and O–H groups in total. The molecule has 104 valence electrons. The largest absolute Gasteiger partial charge is 0.464 e. The molecule has 1 heterocycles. The highest BCUT2D eigenvalue weighted by atomic mass is 16.5. The number of pyridine rings is 1. The highest BCUT2D eigenvalue weighted by Gasteiger charge is 2.17. The van der Waals surface area contributed by atoms with Crippen LogP contribution >= 0.6 is 0 Å². The van der Waals surface area contributed by atoms with Gasteiger partial charge in [-0.2, -0.15) is 0 Å². The number of ether oxygens (including phenoxy) is 1. The number of aromatic nitrogens is 1. The maximum Gasteiger partial charge on any atom is 0.328 e. The summed E-state index contributed by atoms with van der Waals surface area (Å²) in [7, 11) is 0. The Morgan fingerprint density at radius 2 is 1.89 bits per heavy atom. The summed E-state index contributed by atoms with van der Waals surface area (Å²) in [5.74, 6) is -0.333. The summed E-state index contributed by atoms with van der Waals surface area (Å²) in [5.41, 5.74) is 0.857. The molecule has 1 aromatic rings. The van der Waals surface area contributed by atoms with E-state index >= 15 is 0 Å². The third-order valence-electron chi connectivity index (χ3n) is 2.40. The molecule has 0 aliphatic rings. The van der Waals surface area contributed by atoms with Gasteiger partial charge in [0.15, 0.2) is 0 Å². The second-order valence-corrected chi connectivity index (χ2v) is 4.85. The van der Waals surface area contributed by atoms with E-state index in [1.165, 1.54) is 0 Å². The number of carbonyl (C=O) groups is 2. The van der Waals surface area contributed by atoms with Crippen molar-refractivity contribution in [2.45, 2.75) is 33.2 Å². The van der Waals surface area contributed by atoms with Gasteiger partial charge in [0.1, 0.15) is 6.04 Å². The van der Waals surface area contributed by atoms with Gasteiger partial charge in [-0.05, 0) is 30.5 Å². The Labute approximate surface area is 113 Å². The number of nitrogens with zero attached hydrogens (tertiary/aromatic N) is 1. The lowest BCUT2D eigenvalue weighted by Crippen LogP contribution is -2.40. The summed E-state index contributed by atoms with van der Waals surface area (Å²) in [4.78, 5) is 27.2. The van der Waals surface area contributed by atoms with Crippen LogP contribution in [0, 0.1) is 5.92 Å². The van der Waals surface area contributed by atoms with Crippen molar-refractivity contribution in [1.82, 2.24) is 10.3 Å². The Kier molecular flexibility index (Phi) is 5.99. The molecular weight excluding hydrogens is 244 g/mol. The van der Waals surface area contributed by atoms with Gasteiger partial charge in [-0.1, -0.05) is 13.8 Å². The fourth-order valence-electron chi connectivity index (χ4n) is 1.41. The molecule has 0 fully saturated rings. The predicted octanol–water partition coefficient (Wildman–Crippen LogP) is 1.33. The lowest BCUT2D eigenvalue weighted by Gasteiger charge is -2.14. The Bertz CT molecular complexity index is 418. The fourth-order valence-corrected chi connectivity index (χ4v) is 1.41. The molecule has 1 atom stereocenters. The number of amides is 1. The standard InChI is InChI=1S/C14H20N2O3/c1-10(2)9-19-14(18)11(3)16-13(17)8-12-4-6-15-7-5-12/h4-7,10-11H,8-9H2,1-3H3,(H,16,17)/t11-/m0/s1. The topological polar surface area (TPSA) is 68.3 Å². The van der Waals surface area contributed by atoms with E-state index < -0.39 is 12.0 Å². The quantitative estimate of drug-likeness (QED) is 0.787. The average Bonchev–Trinajstić information content (AvgIpc) is 2.36. The first-order valence-corrected chi connectivity index (χ1v) is 6.34. The number of hydrogen-bond acceptors (Lipinski definition) is 4. The van der Waals surface area contributed by atoms with Crippen LogP contribution in [0.4, 0.5) is 0 Å². The molecule has 0 aromatic carbocycles. The van der Waals surface area contributed by atoms with Gasteiger partial charge in [-0.25, -0.2) is 4.79 Å². The van der Waals surface area contributed by atoms with E-state index in [1.807, 2.05) is 13.8 Å². The van der Waals surface area contributed by atoms with Crippen LogP contribution in [0.25, 0.3) is 0 Å². The van der Waals surface area contributed by atoms with E-state index in [1.54, 1.807) is 31.5 Å². The van der Waals surface area contributed by atoms with Gasteiger partial charge in [0.25, 0.3) is 0 Å². The molecule has 19 heavy (non-hydrogen) atoms. The maximum absolute atomic E-state index is 11.7. The molecule has 1 rings (SSSR count). The first kappa shape index (κ1) is 15.1. The molecular formula is C14H20N2O3. The van der Waals surface area contributed by atoms with Gasteiger partial charge >= 0.3 is 5.97 Å². The zero-order chi connectivity index (χ0) is 14.3. The molecule has 0 aliphatic carbocycles. The zero-order valence-electron chi connectivity index (χ0n) is 11.6. The van der Waals surface area contributed by atoms with E-state index in [-0.39, 0.29) is 18.2 Å². The van der Waals surface area contributed by atoms with Gasteiger partial charge in [-0.15, -0.1) is 0 Å². The molecule has 0 bridgehead atoms.